The molecule has 1 saturated heterocycles. The van der Waals surface area contributed by atoms with Crippen molar-refractivity contribution < 1.29 is 42.0 Å². The van der Waals surface area contributed by atoms with Gasteiger partial charge in [0.15, 0.2) is 23.0 Å². The first-order valence-electron chi connectivity index (χ1n) is 14.9. The Morgan fingerprint density at radius 2 is 1.52 bits per heavy atom. The monoisotopic (exact) mass is 634 g/mol. The van der Waals surface area contributed by atoms with E-state index >= 15 is 0 Å². The molecule has 2 heterocycles. The number of phenolic OH excluding ortho intramolecular Hbond substituents is 1. The second-order valence-corrected chi connectivity index (χ2v) is 13.0. The lowest BCUT2D eigenvalue weighted by Crippen LogP contribution is -2.44. The third kappa shape index (κ3) is 6.84. The van der Waals surface area contributed by atoms with Crippen LogP contribution in [-0.2, 0) is 19.6 Å². The fourth-order valence-electron chi connectivity index (χ4n) is 6.24. The molecule has 2 aromatic carbocycles. The number of carbonyl (C=O) groups is 1. The maximum atomic E-state index is 13.4. The summed E-state index contributed by atoms with van der Waals surface area (Å²) in [6.45, 7) is 3.54. The molecule has 0 aromatic heterocycles. The SMILES string of the molecule is COc1cc(C2c3cc4c(cc3[C@@H](NS(=O)(=O)CCNCCCCNCCCN)[C@H]3COC(=O)[C@H]23)OCO4)cc(OC)c1O. The van der Waals surface area contributed by atoms with E-state index in [1.165, 1.54) is 14.2 Å². The lowest BCUT2D eigenvalue weighted by Gasteiger charge is -2.39. The fraction of sp³-hybridized carbons (Fsp3) is 0.567. The topological polar surface area (TPSA) is 180 Å². The van der Waals surface area contributed by atoms with Crippen molar-refractivity contribution >= 4 is 16.0 Å². The van der Waals surface area contributed by atoms with E-state index < -0.39 is 39.8 Å². The molecule has 6 N–H and O–H groups in total. The van der Waals surface area contributed by atoms with Crippen LogP contribution >= 0.6 is 0 Å². The highest BCUT2D eigenvalue weighted by molar-refractivity contribution is 7.89. The Morgan fingerprint density at radius 1 is 0.909 bits per heavy atom. The lowest BCUT2D eigenvalue weighted by atomic mass is 9.65. The maximum absolute atomic E-state index is 13.4. The zero-order valence-electron chi connectivity index (χ0n) is 25.1. The number of unbranched alkanes of at least 4 members (excludes halogenated alkanes) is 1. The van der Waals surface area contributed by atoms with Crippen molar-refractivity contribution in [3.63, 3.8) is 0 Å². The average molecular weight is 635 g/mol. The van der Waals surface area contributed by atoms with E-state index in [9.17, 15) is 18.3 Å². The molecule has 13 nitrogen and oxygen atoms in total. The molecule has 2 aromatic rings. The van der Waals surface area contributed by atoms with Gasteiger partial charge in [-0.1, -0.05) is 0 Å². The molecule has 4 atom stereocenters. The van der Waals surface area contributed by atoms with Crippen LogP contribution < -0.4 is 40.0 Å². The van der Waals surface area contributed by atoms with Crippen molar-refractivity contribution in [2.45, 2.75) is 31.2 Å². The van der Waals surface area contributed by atoms with Gasteiger partial charge in [-0.2, -0.15) is 0 Å². The molecular formula is C30H42N4O9S. The number of esters is 1. The van der Waals surface area contributed by atoms with Gasteiger partial charge in [0.25, 0.3) is 0 Å². The number of benzene rings is 2. The number of rotatable bonds is 16. The molecular weight excluding hydrogens is 592 g/mol. The molecule has 44 heavy (non-hydrogen) atoms. The van der Waals surface area contributed by atoms with Gasteiger partial charge in [-0.3, -0.25) is 4.79 Å². The van der Waals surface area contributed by atoms with Gasteiger partial charge in [0.05, 0.1) is 38.5 Å². The molecule has 0 radical (unpaired) electrons. The summed E-state index contributed by atoms with van der Waals surface area (Å²) in [5.41, 5.74) is 7.50. The normalized spacial score (nSPS) is 21.9. The number of fused-ring (bicyclic) bond motifs is 3. The first kappa shape index (κ1) is 32.1. The van der Waals surface area contributed by atoms with Crippen LogP contribution in [0.5, 0.6) is 28.7 Å². The van der Waals surface area contributed by atoms with Crippen LogP contribution in [0.4, 0.5) is 0 Å². The summed E-state index contributed by atoms with van der Waals surface area (Å²) in [5, 5.41) is 17.1. The third-order valence-electron chi connectivity index (χ3n) is 8.42. The van der Waals surface area contributed by atoms with Gasteiger partial charge in [-0.05, 0) is 86.4 Å². The Kier molecular flexibility index (Phi) is 10.4. The van der Waals surface area contributed by atoms with Crippen molar-refractivity contribution in [1.29, 1.82) is 0 Å². The van der Waals surface area contributed by atoms with Gasteiger partial charge < -0.3 is 45.2 Å². The number of methoxy groups -OCH3 is 2. The summed E-state index contributed by atoms with van der Waals surface area (Å²) >= 11 is 0. The van der Waals surface area contributed by atoms with Gasteiger partial charge in [0.2, 0.25) is 22.6 Å². The number of sulfonamides is 1. The van der Waals surface area contributed by atoms with Gasteiger partial charge in [-0.25, -0.2) is 13.1 Å². The van der Waals surface area contributed by atoms with E-state index in [1.807, 2.05) is 0 Å². The fourth-order valence-corrected chi connectivity index (χ4v) is 7.46. The molecule has 1 unspecified atom stereocenters. The lowest BCUT2D eigenvalue weighted by molar-refractivity contribution is -0.141. The number of carbonyl (C=O) groups excluding carboxylic acids is 1. The van der Waals surface area contributed by atoms with Crippen molar-refractivity contribution in [3.05, 3.63) is 41.0 Å². The Bertz CT molecular complexity index is 1410. The van der Waals surface area contributed by atoms with Crippen molar-refractivity contribution in [2.75, 3.05) is 66.1 Å². The summed E-state index contributed by atoms with van der Waals surface area (Å²) in [6.07, 6.45) is 2.85. The predicted molar refractivity (Wildman–Crippen MR) is 162 cm³/mol. The Labute approximate surface area is 257 Å². The Morgan fingerprint density at radius 3 is 2.16 bits per heavy atom. The van der Waals surface area contributed by atoms with Crippen LogP contribution in [0.3, 0.4) is 0 Å². The van der Waals surface area contributed by atoms with Gasteiger partial charge in [0.1, 0.15) is 0 Å². The maximum Gasteiger partial charge on any atom is 0.310 e. The third-order valence-corrected chi connectivity index (χ3v) is 9.77. The number of hydrogen-bond acceptors (Lipinski definition) is 12. The van der Waals surface area contributed by atoms with Crippen molar-refractivity contribution in [3.8, 4) is 28.7 Å². The highest BCUT2D eigenvalue weighted by Gasteiger charge is 2.53. The molecule has 14 heteroatoms. The summed E-state index contributed by atoms with van der Waals surface area (Å²) in [5.74, 6) is -1.14. The van der Waals surface area contributed by atoms with Crippen molar-refractivity contribution in [1.82, 2.24) is 15.4 Å². The molecule has 2 aliphatic heterocycles. The zero-order valence-corrected chi connectivity index (χ0v) is 25.9. The average Bonchev–Trinajstić information content (AvgIpc) is 3.63. The quantitative estimate of drug-likeness (QED) is 0.132. The first-order valence-corrected chi connectivity index (χ1v) is 16.6. The summed E-state index contributed by atoms with van der Waals surface area (Å²) in [4.78, 5) is 13.3. The summed E-state index contributed by atoms with van der Waals surface area (Å²) < 4.78 is 57.3. The number of aromatic hydroxyl groups is 1. The molecule has 5 rings (SSSR count). The van der Waals surface area contributed by atoms with E-state index in [1.54, 1.807) is 24.3 Å². The Hall–Kier alpha value is -3.30. The van der Waals surface area contributed by atoms with Gasteiger partial charge in [0, 0.05) is 18.4 Å². The smallest absolute Gasteiger partial charge is 0.310 e. The molecule has 242 valence electrons. The Balaban J connectivity index is 1.38. The predicted octanol–water partition coefficient (Wildman–Crippen LogP) is 1.34. The highest BCUT2D eigenvalue weighted by atomic mass is 32.2. The minimum atomic E-state index is -3.76. The van der Waals surface area contributed by atoms with E-state index in [0.717, 1.165) is 32.4 Å². The van der Waals surface area contributed by atoms with Crippen LogP contribution in [0.15, 0.2) is 24.3 Å². The zero-order chi connectivity index (χ0) is 31.3. The van der Waals surface area contributed by atoms with Crippen LogP contribution in [0.1, 0.15) is 47.9 Å². The van der Waals surface area contributed by atoms with Gasteiger partial charge in [-0.15, -0.1) is 0 Å². The van der Waals surface area contributed by atoms with Crippen LogP contribution in [0.2, 0.25) is 0 Å². The van der Waals surface area contributed by atoms with E-state index in [0.29, 0.717) is 41.3 Å². The minimum Gasteiger partial charge on any atom is -0.502 e. The minimum absolute atomic E-state index is 0.0322. The van der Waals surface area contributed by atoms with Crippen molar-refractivity contribution in [2.24, 2.45) is 17.6 Å². The molecule has 1 fully saturated rings. The molecule has 1 aliphatic carbocycles. The molecule has 0 spiro atoms. The number of hydrogen-bond donors (Lipinski definition) is 5. The highest BCUT2D eigenvalue weighted by Crippen LogP contribution is 2.55. The van der Waals surface area contributed by atoms with Crippen LogP contribution in [0.25, 0.3) is 0 Å². The number of cyclic esters (lactones) is 1. The molecule has 0 amide bonds. The van der Waals surface area contributed by atoms with E-state index in [-0.39, 0.29) is 42.9 Å². The summed E-state index contributed by atoms with van der Waals surface area (Å²) in [7, 11) is -0.899. The van der Waals surface area contributed by atoms with Gasteiger partial charge >= 0.3 is 5.97 Å². The second-order valence-electron chi connectivity index (χ2n) is 11.2. The van der Waals surface area contributed by atoms with Crippen LogP contribution in [-0.4, -0.2) is 85.6 Å². The second kappa shape index (κ2) is 14.2. The number of nitrogens with two attached hydrogens (primary N) is 1. The van der Waals surface area contributed by atoms with E-state index in [2.05, 4.69) is 15.4 Å². The van der Waals surface area contributed by atoms with Crippen LogP contribution in [0, 0.1) is 11.8 Å². The standard InChI is InChI=1S/C30H42N4O9S/c1-39-24-12-18(13-25(40-2)29(24)35)26-19-14-22-23(43-17-42-22)15-20(19)28(21-16-41-30(36)27(21)26)34-44(37,38)11-10-33-8-4-3-7-32-9-5-6-31/h12-15,21,26-28,32-35H,3-11,16-17,31H2,1-2H3/t21-,26?,27-,28+/m0/s1. The molecule has 0 bridgehead atoms. The molecule has 3 aliphatic rings. The number of ether oxygens (including phenoxy) is 5. The molecule has 0 saturated carbocycles. The largest absolute Gasteiger partial charge is 0.502 e. The number of nitrogens with one attached hydrogen (secondary N) is 3. The number of phenols is 1. The first-order chi connectivity index (χ1) is 21.3. The summed E-state index contributed by atoms with van der Waals surface area (Å²) in [6, 6.07) is 6.16. The van der Waals surface area contributed by atoms with E-state index in [4.69, 9.17) is 29.4 Å².